The Kier molecular flexibility index (Phi) is 4.48. The molecule has 1 aromatic carbocycles. The van der Waals surface area contributed by atoms with Gasteiger partial charge in [-0.2, -0.15) is 0 Å². The van der Waals surface area contributed by atoms with E-state index < -0.39 is 0 Å². The van der Waals surface area contributed by atoms with Crippen molar-refractivity contribution < 1.29 is 4.39 Å². The van der Waals surface area contributed by atoms with Gasteiger partial charge in [0.25, 0.3) is 0 Å². The van der Waals surface area contributed by atoms with Crippen LogP contribution in [0.5, 0.6) is 0 Å². The van der Waals surface area contributed by atoms with E-state index in [1.807, 2.05) is 22.6 Å². The summed E-state index contributed by atoms with van der Waals surface area (Å²) in [6.07, 6.45) is 6.58. The topological polar surface area (TPSA) is 38.0 Å². The Morgan fingerprint density at radius 1 is 1.35 bits per heavy atom. The molecule has 0 spiro atoms. The Hall–Kier alpha value is -0.520. The van der Waals surface area contributed by atoms with Gasteiger partial charge in [-0.3, -0.25) is 0 Å². The van der Waals surface area contributed by atoms with Crippen LogP contribution in [0.25, 0.3) is 0 Å². The molecule has 1 saturated carbocycles. The zero-order valence-corrected chi connectivity index (χ0v) is 12.0. The molecule has 4 heteroatoms. The highest BCUT2D eigenvalue weighted by molar-refractivity contribution is 14.1. The van der Waals surface area contributed by atoms with E-state index in [2.05, 4.69) is 5.32 Å². The molecular weight excluding hydrogens is 330 g/mol. The second kappa shape index (κ2) is 5.89. The average Bonchev–Trinajstić information content (AvgIpc) is 2.78. The van der Waals surface area contributed by atoms with Crippen LogP contribution in [0.3, 0.4) is 0 Å². The lowest BCUT2D eigenvalue weighted by atomic mass is 10.0. The quantitative estimate of drug-likeness (QED) is 0.638. The first kappa shape index (κ1) is 12.9. The van der Waals surface area contributed by atoms with Crippen LogP contribution < -0.4 is 11.1 Å². The van der Waals surface area contributed by atoms with Crippen LogP contribution in [-0.4, -0.2) is 6.54 Å². The third kappa shape index (κ3) is 3.47. The Labute approximate surface area is 115 Å². The number of hydrogen-bond acceptors (Lipinski definition) is 2. The van der Waals surface area contributed by atoms with Gasteiger partial charge in [0.15, 0.2) is 0 Å². The standard InChI is InChI=1S/C13H18FIN2/c14-10-7-13(12(16)8-11(10)15)17-6-5-9-3-1-2-4-9/h7-9,17H,1-6,16H2. The fourth-order valence-electron chi connectivity index (χ4n) is 2.43. The Morgan fingerprint density at radius 2 is 2.06 bits per heavy atom. The maximum atomic E-state index is 13.4. The smallest absolute Gasteiger partial charge is 0.138 e. The van der Waals surface area contributed by atoms with Crippen LogP contribution in [0.15, 0.2) is 12.1 Å². The van der Waals surface area contributed by atoms with Crippen LogP contribution in [0.1, 0.15) is 32.1 Å². The monoisotopic (exact) mass is 348 g/mol. The number of anilines is 2. The maximum absolute atomic E-state index is 13.4. The molecule has 0 radical (unpaired) electrons. The minimum absolute atomic E-state index is 0.205. The molecule has 0 bridgehead atoms. The van der Waals surface area contributed by atoms with Gasteiger partial charge in [0.05, 0.1) is 14.9 Å². The van der Waals surface area contributed by atoms with Crippen molar-refractivity contribution in [2.24, 2.45) is 5.92 Å². The van der Waals surface area contributed by atoms with E-state index in [1.54, 1.807) is 6.07 Å². The lowest BCUT2D eigenvalue weighted by molar-refractivity contribution is 0.518. The van der Waals surface area contributed by atoms with Crippen molar-refractivity contribution in [2.75, 3.05) is 17.6 Å². The molecule has 0 unspecified atom stereocenters. The van der Waals surface area contributed by atoms with Gasteiger partial charge in [-0.1, -0.05) is 25.7 Å². The summed E-state index contributed by atoms with van der Waals surface area (Å²) in [4.78, 5) is 0. The van der Waals surface area contributed by atoms with Crippen LogP contribution >= 0.6 is 22.6 Å². The third-order valence-corrected chi connectivity index (χ3v) is 4.26. The van der Waals surface area contributed by atoms with Gasteiger partial charge in [-0.05, 0) is 41.0 Å². The lowest BCUT2D eigenvalue weighted by Crippen LogP contribution is -2.08. The van der Waals surface area contributed by atoms with E-state index in [1.165, 1.54) is 31.7 Å². The van der Waals surface area contributed by atoms with Crippen LogP contribution in [0.2, 0.25) is 0 Å². The number of nitrogens with two attached hydrogens (primary N) is 1. The van der Waals surface area contributed by atoms with E-state index in [4.69, 9.17) is 5.73 Å². The number of nitrogens with one attached hydrogen (secondary N) is 1. The van der Waals surface area contributed by atoms with Gasteiger partial charge in [-0.25, -0.2) is 4.39 Å². The van der Waals surface area contributed by atoms with E-state index in [0.29, 0.717) is 9.26 Å². The summed E-state index contributed by atoms with van der Waals surface area (Å²) in [5.74, 6) is 0.639. The highest BCUT2D eigenvalue weighted by atomic mass is 127. The van der Waals surface area contributed by atoms with Gasteiger partial charge in [0.2, 0.25) is 0 Å². The molecule has 2 nitrogen and oxygen atoms in total. The molecule has 0 amide bonds. The fraction of sp³-hybridized carbons (Fsp3) is 0.538. The van der Waals surface area contributed by atoms with Crippen molar-refractivity contribution >= 4 is 34.0 Å². The molecule has 2 rings (SSSR count). The second-order valence-corrected chi connectivity index (χ2v) is 5.88. The Morgan fingerprint density at radius 3 is 2.76 bits per heavy atom. The minimum Gasteiger partial charge on any atom is -0.397 e. The third-order valence-electron chi connectivity index (χ3n) is 3.44. The zero-order chi connectivity index (χ0) is 12.3. The van der Waals surface area contributed by atoms with Crippen molar-refractivity contribution in [3.8, 4) is 0 Å². The lowest BCUT2D eigenvalue weighted by Gasteiger charge is -2.13. The van der Waals surface area contributed by atoms with Gasteiger partial charge in [0, 0.05) is 12.6 Å². The zero-order valence-electron chi connectivity index (χ0n) is 9.81. The van der Waals surface area contributed by atoms with Crippen LogP contribution in [0.4, 0.5) is 15.8 Å². The molecule has 1 aliphatic rings. The molecule has 0 saturated heterocycles. The van der Waals surface area contributed by atoms with Crippen molar-refractivity contribution in [3.63, 3.8) is 0 Å². The largest absolute Gasteiger partial charge is 0.397 e. The molecule has 17 heavy (non-hydrogen) atoms. The molecule has 0 heterocycles. The molecular formula is C13H18FIN2. The fourth-order valence-corrected chi connectivity index (χ4v) is 2.92. The predicted molar refractivity (Wildman–Crippen MR) is 78.6 cm³/mol. The SMILES string of the molecule is Nc1cc(I)c(F)cc1NCCC1CCCC1. The molecule has 1 aromatic rings. The molecule has 1 aliphatic carbocycles. The summed E-state index contributed by atoms with van der Waals surface area (Å²) in [5, 5.41) is 3.24. The molecule has 0 aromatic heterocycles. The van der Waals surface area contributed by atoms with Crippen molar-refractivity contribution in [1.29, 1.82) is 0 Å². The summed E-state index contributed by atoms with van der Waals surface area (Å²) in [6.45, 7) is 0.884. The van der Waals surface area contributed by atoms with Crippen molar-refractivity contribution in [2.45, 2.75) is 32.1 Å². The van der Waals surface area contributed by atoms with E-state index in [-0.39, 0.29) is 5.82 Å². The molecule has 0 aliphatic heterocycles. The minimum atomic E-state index is -0.205. The van der Waals surface area contributed by atoms with Gasteiger partial charge < -0.3 is 11.1 Å². The van der Waals surface area contributed by atoms with Crippen LogP contribution in [0, 0.1) is 15.3 Å². The molecule has 1 fully saturated rings. The first-order valence-corrected chi connectivity index (χ1v) is 7.23. The highest BCUT2D eigenvalue weighted by Crippen LogP contribution is 2.28. The maximum Gasteiger partial charge on any atom is 0.138 e. The molecule has 0 atom stereocenters. The van der Waals surface area contributed by atoms with E-state index in [9.17, 15) is 4.39 Å². The summed E-state index contributed by atoms with van der Waals surface area (Å²) >= 11 is 1.95. The summed E-state index contributed by atoms with van der Waals surface area (Å²) < 4.78 is 14.0. The van der Waals surface area contributed by atoms with Crippen molar-refractivity contribution in [1.82, 2.24) is 0 Å². The average molecular weight is 348 g/mol. The number of halogens is 2. The first-order valence-electron chi connectivity index (χ1n) is 6.15. The normalized spacial score (nSPS) is 16.4. The first-order chi connectivity index (χ1) is 8.16. The summed E-state index contributed by atoms with van der Waals surface area (Å²) in [5.41, 5.74) is 7.20. The Balaban J connectivity index is 1.87. The molecule has 3 N–H and O–H groups in total. The van der Waals surface area contributed by atoms with E-state index >= 15 is 0 Å². The van der Waals surface area contributed by atoms with Gasteiger partial charge >= 0.3 is 0 Å². The van der Waals surface area contributed by atoms with E-state index in [0.717, 1.165) is 24.6 Å². The summed E-state index contributed by atoms with van der Waals surface area (Å²) in [7, 11) is 0. The number of hydrogen-bond donors (Lipinski definition) is 2. The number of nitrogen functional groups attached to an aromatic ring is 1. The highest BCUT2D eigenvalue weighted by Gasteiger charge is 2.14. The predicted octanol–water partition coefficient (Wildman–Crippen LogP) is 4.00. The van der Waals surface area contributed by atoms with Crippen molar-refractivity contribution in [3.05, 3.63) is 21.5 Å². The summed E-state index contributed by atoms with van der Waals surface area (Å²) in [6, 6.07) is 3.17. The number of rotatable bonds is 4. The van der Waals surface area contributed by atoms with Gasteiger partial charge in [-0.15, -0.1) is 0 Å². The van der Waals surface area contributed by atoms with Crippen LogP contribution in [-0.2, 0) is 0 Å². The molecule has 94 valence electrons. The number of benzene rings is 1. The Bertz CT molecular complexity index is 389. The van der Waals surface area contributed by atoms with Gasteiger partial charge in [0.1, 0.15) is 5.82 Å². The second-order valence-electron chi connectivity index (χ2n) is 4.72.